The maximum Gasteiger partial charge on any atom is 0.303 e. The van der Waals surface area contributed by atoms with E-state index >= 15 is 0 Å². The first-order valence-corrected chi connectivity index (χ1v) is 12.7. The van der Waals surface area contributed by atoms with Crippen LogP contribution in [0.4, 0.5) is 0 Å². The number of carboxylic acid groups (broad SMARTS) is 1. The summed E-state index contributed by atoms with van der Waals surface area (Å²) in [7, 11) is 3.49. The molecular weight excluding hydrogens is 424 g/mol. The molecule has 0 aliphatic heterocycles. The van der Waals surface area contributed by atoms with Crippen molar-refractivity contribution in [3.8, 4) is 11.5 Å². The van der Waals surface area contributed by atoms with Gasteiger partial charge in [0.15, 0.2) is 0 Å². The Balaban J connectivity index is 2.01. The molecule has 0 amide bonds. The van der Waals surface area contributed by atoms with Crippen LogP contribution >= 0.6 is 0 Å². The summed E-state index contributed by atoms with van der Waals surface area (Å²) in [5.41, 5.74) is 2.49. The number of rotatable bonds is 17. The molecule has 2 aromatic carbocycles. The Hall–Kier alpha value is -2.75. The molecule has 0 aliphatic rings. The van der Waals surface area contributed by atoms with Crippen LogP contribution in [0.2, 0.25) is 0 Å². The van der Waals surface area contributed by atoms with Gasteiger partial charge in [0.1, 0.15) is 11.5 Å². The van der Waals surface area contributed by atoms with Gasteiger partial charge in [0.05, 0.1) is 14.2 Å². The number of benzene rings is 2. The molecule has 2 rings (SSSR count). The zero-order valence-corrected chi connectivity index (χ0v) is 21.2. The van der Waals surface area contributed by atoms with Crippen molar-refractivity contribution in [2.24, 2.45) is 0 Å². The minimum Gasteiger partial charge on any atom is -0.496 e. The van der Waals surface area contributed by atoms with E-state index in [2.05, 4.69) is 55.5 Å². The first-order valence-electron chi connectivity index (χ1n) is 12.7. The van der Waals surface area contributed by atoms with E-state index in [-0.39, 0.29) is 0 Å². The van der Waals surface area contributed by atoms with Crippen molar-refractivity contribution in [2.45, 2.75) is 83.0 Å². The summed E-state index contributed by atoms with van der Waals surface area (Å²) in [5.74, 6) is 1.82. The number of ether oxygens (including phenoxy) is 2. The van der Waals surface area contributed by atoms with Crippen molar-refractivity contribution in [3.05, 3.63) is 71.8 Å². The van der Waals surface area contributed by atoms with Gasteiger partial charge in [-0.2, -0.15) is 0 Å². The molecule has 0 fully saturated rings. The smallest absolute Gasteiger partial charge is 0.303 e. The number of unbranched alkanes of at least 4 members (excludes halogenated alkanes) is 6. The molecule has 0 heterocycles. The molecule has 2 aromatic rings. The quantitative estimate of drug-likeness (QED) is 0.189. The Bertz CT molecular complexity index is 874. The van der Waals surface area contributed by atoms with Crippen LogP contribution in [0.3, 0.4) is 0 Å². The third-order valence-corrected chi connectivity index (χ3v) is 6.57. The number of aliphatic carboxylic acids is 1. The summed E-state index contributed by atoms with van der Waals surface area (Å²) in [6.07, 6.45) is 14.5. The summed E-state index contributed by atoms with van der Waals surface area (Å²) in [4.78, 5) is 10.6. The fraction of sp³-hybridized carbons (Fsp3) is 0.500. The van der Waals surface area contributed by atoms with E-state index in [0.29, 0.717) is 18.3 Å². The Labute approximate surface area is 206 Å². The highest BCUT2D eigenvalue weighted by Gasteiger charge is 2.27. The van der Waals surface area contributed by atoms with E-state index in [4.69, 9.17) is 14.6 Å². The standard InChI is InChI=1S/C30H42O4/c1-4-24(26-19-14-16-21-28(26)33-2)25(27-20-15-17-22-29(27)34-3)18-12-10-8-6-5-7-9-11-13-23-30(31)32/h10,12,14-17,19-22,24-25H,4-9,11,13,18,23H2,1-3H3,(H,31,32). The number of hydrogen-bond acceptors (Lipinski definition) is 3. The SMILES string of the molecule is CCC(c1ccccc1OC)C(CC=CCCCCCCCCC(=O)O)c1ccccc1OC. The summed E-state index contributed by atoms with van der Waals surface area (Å²) in [5, 5.41) is 8.70. The second kappa shape index (κ2) is 16.0. The largest absolute Gasteiger partial charge is 0.496 e. The fourth-order valence-electron chi connectivity index (χ4n) is 4.78. The molecule has 0 bridgehead atoms. The summed E-state index contributed by atoms with van der Waals surface area (Å²) < 4.78 is 11.4. The van der Waals surface area contributed by atoms with Crippen molar-refractivity contribution < 1.29 is 19.4 Å². The Morgan fingerprint density at radius 1 is 0.794 bits per heavy atom. The molecule has 0 spiro atoms. The molecule has 0 radical (unpaired) electrons. The zero-order chi connectivity index (χ0) is 24.6. The van der Waals surface area contributed by atoms with Crippen LogP contribution in [0.15, 0.2) is 60.7 Å². The van der Waals surface area contributed by atoms with Crippen LogP contribution in [0.1, 0.15) is 94.1 Å². The van der Waals surface area contributed by atoms with Crippen LogP contribution in [-0.2, 0) is 4.79 Å². The lowest BCUT2D eigenvalue weighted by molar-refractivity contribution is -0.137. The molecule has 4 nitrogen and oxygen atoms in total. The van der Waals surface area contributed by atoms with Gasteiger partial charge < -0.3 is 14.6 Å². The lowest BCUT2D eigenvalue weighted by atomic mass is 9.77. The van der Waals surface area contributed by atoms with E-state index in [1.165, 1.54) is 30.4 Å². The molecule has 2 unspecified atom stereocenters. The first kappa shape index (κ1) is 27.5. The third kappa shape index (κ3) is 8.89. The van der Waals surface area contributed by atoms with E-state index in [0.717, 1.165) is 50.0 Å². The van der Waals surface area contributed by atoms with Crippen LogP contribution in [0.25, 0.3) is 0 Å². The van der Waals surface area contributed by atoms with Gasteiger partial charge >= 0.3 is 5.97 Å². The van der Waals surface area contributed by atoms with Crippen LogP contribution in [0, 0.1) is 0 Å². The Kier molecular flexibility index (Phi) is 12.9. The average Bonchev–Trinajstić information content (AvgIpc) is 2.86. The van der Waals surface area contributed by atoms with Crippen LogP contribution in [0.5, 0.6) is 11.5 Å². The third-order valence-electron chi connectivity index (χ3n) is 6.57. The topological polar surface area (TPSA) is 55.8 Å². The minimum absolute atomic E-state index is 0.294. The summed E-state index contributed by atoms with van der Waals surface area (Å²) in [6.45, 7) is 2.25. The van der Waals surface area contributed by atoms with Crippen LogP contribution in [-0.4, -0.2) is 25.3 Å². The fourth-order valence-corrected chi connectivity index (χ4v) is 4.78. The van der Waals surface area contributed by atoms with Gasteiger partial charge in [0.25, 0.3) is 0 Å². The van der Waals surface area contributed by atoms with Gasteiger partial charge in [-0.3, -0.25) is 4.79 Å². The van der Waals surface area contributed by atoms with Gasteiger partial charge in [0, 0.05) is 6.42 Å². The second-order valence-corrected chi connectivity index (χ2v) is 8.87. The average molecular weight is 467 g/mol. The van der Waals surface area contributed by atoms with Gasteiger partial charge in [-0.05, 0) is 67.2 Å². The van der Waals surface area contributed by atoms with Gasteiger partial charge in [-0.15, -0.1) is 0 Å². The van der Waals surface area contributed by atoms with Gasteiger partial charge in [-0.1, -0.05) is 81.2 Å². The Morgan fingerprint density at radius 2 is 1.32 bits per heavy atom. The summed E-state index contributed by atoms with van der Waals surface area (Å²) >= 11 is 0. The van der Waals surface area contributed by atoms with Crippen molar-refractivity contribution in [1.29, 1.82) is 0 Å². The van der Waals surface area contributed by atoms with E-state index in [9.17, 15) is 4.79 Å². The molecule has 186 valence electrons. The minimum atomic E-state index is -0.687. The summed E-state index contributed by atoms with van der Waals surface area (Å²) in [6, 6.07) is 16.7. The monoisotopic (exact) mass is 466 g/mol. The predicted molar refractivity (Wildman–Crippen MR) is 140 cm³/mol. The van der Waals surface area contributed by atoms with Crippen molar-refractivity contribution in [1.82, 2.24) is 0 Å². The van der Waals surface area contributed by atoms with Gasteiger partial charge in [0.2, 0.25) is 0 Å². The van der Waals surface area contributed by atoms with Crippen molar-refractivity contribution >= 4 is 5.97 Å². The van der Waals surface area contributed by atoms with Gasteiger partial charge in [-0.25, -0.2) is 0 Å². The number of methoxy groups -OCH3 is 2. The highest BCUT2D eigenvalue weighted by molar-refractivity contribution is 5.66. The molecular formula is C30H42O4. The first-order chi connectivity index (χ1) is 16.6. The number of allylic oxidation sites excluding steroid dienone is 2. The lowest BCUT2D eigenvalue weighted by Crippen LogP contribution is -2.13. The molecule has 2 atom stereocenters. The molecule has 0 aliphatic carbocycles. The van der Waals surface area contributed by atoms with E-state index in [1.54, 1.807) is 14.2 Å². The maximum absolute atomic E-state index is 10.6. The van der Waals surface area contributed by atoms with Crippen LogP contribution < -0.4 is 9.47 Å². The van der Waals surface area contributed by atoms with E-state index in [1.807, 2.05) is 12.1 Å². The number of carbonyl (C=O) groups is 1. The van der Waals surface area contributed by atoms with E-state index < -0.39 is 5.97 Å². The maximum atomic E-state index is 10.6. The number of hydrogen-bond donors (Lipinski definition) is 1. The van der Waals surface area contributed by atoms with Crippen molar-refractivity contribution in [2.75, 3.05) is 14.2 Å². The number of carboxylic acids is 1. The number of para-hydroxylation sites is 2. The Morgan fingerprint density at radius 3 is 1.88 bits per heavy atom. The molecule has 0 saturated carbocycles. The highest BCUT2D eigenvalue weighted by Crippen LogP contribution is 2.44. The lowest BCUT2D eigenvalue weighted by Gasteiger charge is -2.29. The molecule has 1 N–H and O–H groups in total. The molecule has 34 heavy (non-hydrogen) atoms. The molecule has 4 heteroatoms. The zero-order valence-electron chi connectivity index (χ0n) is 21.2. The normalized spacial score (nSPS) is 13.0. The second-order valence-electron chi connectivity index (χ2n) is 8.87. The van der Waals surface area contributed by atoms with Crippen molar-refractivity contribution in [3.63, 3.8) is 0 Å². The molecule has 0 saturated heterocycles. The molecule has 0 aromatic heterocycles. The predicted octanol–water partition coefficient (Wildman–Crippen LogP) is 8.13. The highest BCUT2D eigenvalue weighted by atomic mass is 16.5.